The van der Waals surface area contributed by atoms with Crippen LogP contribution in [0.1, 0.15) is 26.3 Å². The van der Waals surface area contributed by atoms with E-state index in [2.05, 4.69) is 15.3 Å². The molecule has 38 heavy (non-hydrogen) atoms. The Bertz CT molecular complexity index is 1640. The number of carbonyl (C=O) groups excluding carboxylic acids is 2. The Hall–Kier alpha value is -5.30. The molecule has 5 aromatic rings. The van der Waals surface area contributed by atoms with E-state index in [1.807, 2.05) is 72.8 Å². The average molecular weight is 499 g/mol. The van der Waals surface area contributed by atoms with Gasteiger partial charge in [0.15, 0.2) is 5.75 Å². The van der Waals surface area contributed by atoms with Crippen LogP contribution in [0.4, 0.5) is 11.4 Å². The third-order valence-electron chi connectivity index (χ3n) is 6.29. The Balaban J connectivity index is 1.24. The number of benzene rings is 3. The third kappa shape index (κ3) is 4.49. The van der Waals surface area contributed by atoms with Crippen molar-refractivity contribution in [3.05, 3.63) is 132 Å². The molecule has 6 rings (SSSR count). The Kier molecular flexibility index (Phi) is 6.08. The van der Waals surface area contributed by atoms with Gasteiger partial charge >= 0.3 is 0 Å². The van der Waals surface area contributed by atoms with Gasteiger partial charge in [-0.15, -0.1) is 0 Å². The first-order valence-corrected chi connectivity index (χ1v) is 12.1. The molecule has 3 heterocycles. The van der Waals surface area contributed by atoms with Gasteiger partial charge in [0, 0.05) is 40.3 Å². The predicted octanol–water partition coefficient (Wildman–Crippen LogP) is 6.35. The van der Waals surface area contributed by atoms with Gasteiger partial charge in [0.25, 0.3) is 11.8 Å². The van der Waals surface area contributed by atoms with E-state index in [0.29, 0.717) is 40.7 Å². The summed E-state index contributed by atoms with van der Waals surface area (Å²) in [5.74, 6) is 0.609. The van der Waals surface area contributed by atoms with Crippen molar-refractivity contribution in [3.8, 4) is 22.9 Å². The zero-order valence-electron chi connectivity index (χ0n) is 20.2. The normalized spacial score (nSPS) is 11.9. The summed E-state index contributed by atoms with van der Waals surface area (Å²) in [6, 6.07) is 30.9. The number of rotatable bonds is 4. The standard InChI is InChI=1S/C31H22N4O3/c36-29(25-10-2-1-9-24(25)26-11-5-6-18-32-26)34-23-16-14-21(15-17-23)31(37)35-20-22-8-7-19-33-30(22)38-28-13-4-3-12-27(28)35/h1-19H,20H2,(H,34,36). The van der Waals surface area contributed by atoms with Crippen molar-refractivity contribution in [1.82, 2.24) is 9.97 Å². The van der Waals surface area contributed by atoms with Crippen LogP contribution in [0.15, 0.2) is 116 Å². The molecule has 2 amide bonds. The summed E-state index contributed by atoms with van der Waals surface area (Å²) >= 11 is 0. The number of carbonyl (C=O) groups is 2. The lowest BCUT2D eigenvalue weighted by atomic mass is 10.0. The largest absolute Gasteiger partial charge is 0.436 e. The number of para-hydroxylation sites is 2. The lowest BCUT2D eigenvalue weighted by Gasteiger charge is -2.22. The molecule has 184 valence electrons. The van der Waals surface area contributed by atoms with E-state index in [0.717, 1.165) is 16.8 Å². The van der Waals surface area contributed by atoms with Crippen molar-refractivity contribution >= 4 is 23.2 Å². The number of aromatic nitrogens is 2. The van der Waals surface area contributed by atoms with Crippen LogP contribution in [0.5, 0.6) is 11.6 Å². The molecule has 3 aromatic carbocycles. The first-order valence-electron chi connectivity index (χ1n) is 12.1. The number of anilines is 2. The molecule has 0 radical (unpaired) electrons. The summed E-state index contributed by atoms with van der Waals surface area (Å²) in [5.41, 5.74) is 4.52. The smallest absolute Gasteiger partial charge is 0.258 e. The zero-order valence-corrected chi connectivity index (χ0v) is 20.2. The quantitative estimate of drug-likeness (QED) is 0.312. The minimum absolute atomic E-state index is 0.184. The van der Waals surface area contributed by atoms with Crippen LogP contribution >= 0.6 is 0 Å². The van der Waals surface area contributed by atoms with Crippen LogP contribution in [0.25, 0.3) is 11.3 Å². The summed E-state index contributed by atoms with van der Waals surface area (Å²) in [6.45, 7) is 0.321. The monoisotopic (exact) mass is 498 g/mol. The van der Waals surface area contributed by atoms with Gasteiger partial charge in [0.2, 0.25) is 5.88 Å². The summed E-state index contributed by atoms with van der Waals surface area (Å²) in [7, 11) is 0. The maximum atomic E-state index is 13.6. The number of nitrogens with one attached hydrogen (secondary N) is 1. The molecule has 0 atom stereocenters. The SMILES string of the molecule is O=C(Nc1ccc(C(=O)N2Cc3cccnc3Oc3ccccc32)cc1)c1ccccc1-c1ccccn1. The van der Waals surface area contributed by atoms with Gasteiger partial charge in [-0.05, 0) is 60.7 Å². The van der Waals surface area contributed by atoms with Crippen LogP contribution in [-0.4, -0.2) is 21.8 Å². The average Bonchev–Trinajstić information content (AvgIpc) is 3.14. The van der Waals surface area contributed by atoms with E-state index >= 15 is 0 Å². The molecule has 0 saturated carbocycles. The molecule has 0 fully saturated rings. The second kappa shape index (κ2) is 9.99. The lowest BCUT2D eigenvalue weighted by molar-refractivity contribution is 0.0984. The van der Waals surface area contributed by atoms with E-state index in [1.54, 1.807) is 47.6 Å². The molecule has 1 aliphatic rings. The fraction of sp³-hybridized carbons (Fsp3) is 0.0323. The number of hydrogen-bond donors (Lipinski definition) is 1. The zero-order chi connectivity index (χ0) is 25.9. The van der Waals surface area contributed by atoms with Gasteiger partial charge in [-0.25, -0.2) is 4.98 Å². The topological polar surface area (TPSA) is 84.4 Å². The molecular weight excluding hydrogens is 476 g/mol. The van der Waals surface area contributed by atoms with Crippen molar-refractivity contribution in [3.63, 3.8) is 0 Å². The number of nitrogens with zero attached hydrogens (tertiary/aromatic N) is 3. The molecule has 0 bridgehead atoms. The molecule has 0 unspecified atom stereocenters. The molecule has 0 spiro atoms. The van der Waals surface area contributed by atoms with E-state index in [-0.39, 0.29) is 11.8 Å². The number of fused-ring (bicyclic) bond motifs is 2. The minimum Gasteiger partial charge on any atom is -0.436 e. The fourth-order valence-corrected chi connectivity index (χ4v) is 4.42. The molecule has 0 saturated heterocycles. The van der Waals surface area contributed by atoms with Gasteiger partial charge in [0.05, 0.1) is 17.9 Å². The number of hydrogen-bond acceptors (Lipinski definition) is 5. The van der Waals surface area contributed by atoms with Crippen molar-refractivity contribution in [2.24, 2.45) is 0 Å². The fourth-order valence-electron chi connectivity index (χ4n) is 4.42. The van der Waals surface area contributed by atoms with E-state index in [9.17, 15) is 9.59 Å². The van der Waals surface area contributed by atoms with E-state index in [4.69, 9.17) is 4.74 Å². The molecular formula is C31H22N4O3. The Labute approximate surface area is 219 Å². The highest BCUT2D eigenvalue weighted by atomic mass is 16.5. The minimum atomic E-state index is -0.256. The van der Waals surface area contributed by atoms with Crippen LogP contribution in [0.3, 0.4) is 0 Å². The Morgan fingerprint density at radius 3 is 2.37 bits per heavy atom. The second-order valence-electron chi connectivity index (χ2n) is 8.72. The number of amides is 2. The summed E-state index contributed by atoms with van der Waals surface area (Å²) in [5, 5.41) is 2.93. The summed E-state index contributed by atoms with van der Waals surface area (Å²) in [6.07, 6.45) is 3.37. The highest BCUT2D eigenvalue weighted by molar-refractivity contribution is 6.09. The first kappa shape index (κ1) is 23.1. The van der Waals surface area contributed by atoms with Crippen molar-refractivity contribution in [2.45, 2.75) is 6.54 Å². The van der Waals surface area contributed by atoms with Crippen LogP contribution < -0.4 is 15.0 Å². The number of pyridine rings is 2. The molecule has 7 heteroatoms. The van der Waals surface area contributed by atoms with Gasteiger partial charge in [0.1, 0.15) is 0 Å². The third-order valence-corrected chi connectivity index (χ3v) is 6.29. The lowest BCUT2D eigenvalue weighted by Crippen LogP contribution is -2.29. The Morgan fingerprint density at radius 1 is 0.763 bits per heavy atom. The number of ether oxygens (including phenoxy) is 1. The Morgan fingerprint density at radius 2 is 1.53 bits per heavy atom. The van der Waals surface area contributed by atoms with Gasteiger partial charge in [-0.3, -0.25) is 14.6 Å². The maximum Gasteiger partial charge on any atom is 0.258 e. The summed E-state index contributed by atoms with van der Waals surface area (Å²) < 4.78 is 6.01. The van der Waals surface area contributed by atoms with Crippen LogP contribution in [0, 0.1) is 0 Å². The van der Waals surface area contributed by atoms with Crippen molar-refractivity contribution in [2.75, 3.05) is 10.2 Å². The molecule has 7 nitrogen and oxygen atoms in total. The molecule has 0 aliphatic carbocycles. The van der Waals surface area contributed by atoms with Gasteiger partial charge < -0.3 is 15.0 Å². The van der Waals surface area contributed by atoms with Gasteiger partial charge in [-0.1, -0.05) is 42.5 Å². The highest BCUT2D eigenvalue weighted by Crippen LogP contribution is 2.38. The maximum absolute atomic E-state index is 13.6. The second-order valence-corrected chi connectivity index (χ2v) is 8.72. The summed E-state index contributed by atoms with van der Waals surface area (Å²) in [4.78, 5) is 37.2. The predicted molar refractivity (Wildman–Crippen MR) is 145 cm³/mol. The van der Waals surface area contributed by atoms with Gasteiger partial charge in [-0.2, -0.15) is 0 Å². The van der Waals surface area contributed by atoms with Crippen molar-refractivity contribution < 1.29 is 14.3 Å². The molecule has 2 aromatic heterocycles. The first-order chi connectivity index (χ1) is 18.7. The van der Waals surface area contributed by atoms with Crippen molar-refractivity contribution in [1.29, 1.82) is 0 Å². The van der Waals surface area contributed by atoms with Crippen LogP contribution in [0.2, 0.25) is 0 Å². The van der Waals surface area contributed by atoms with E-state index in [1.165, 1.54) is 0 Å². The molecule has 1 aliphatic heterocycles. The highest BCUT2D eigenvalue weighted by Gasteiger charge is 2.26. The van der Waals surface area contributed by atoms with E-state index < -0.39 is 0 Å². The van der Waals surface area contributed by atoms with Crippen LogP contribution in [-0.2, 0) is 6.54 Å². The molecule has 1 N–H and O–H groups in total.